The van der Waals surface area contributed by atoms with Gasteiger partial charge in [0.15, 0.2) is 0 Å². The molecule has 9 heteroatoms. The van der Waals surface area contributed by atoms with E-state index in [0.717, 1.165) is 17.7 Å². The Morgan fingerprint density at radius 3 is 2.42 bits per heavy atom. The second kappa shape index (κ2) is 10.4. The first kappa shape index (κ1) is 24.7. The van der Waals surface area contributed by atoms with Crippen molar-refractivity contribution in [1.82, 2.24) is 0 Å². The number of ether oxygens (including phenoxy) is 2. The third-order valence-corrected chi connectivity index (χ3v) is 5.34. The molecule has 0 radical (unpaired) electrons. The summed E-state index contributed by atoms with van der Waals surface area (Å²) in [5.41, 5.74) is 0.128. The van der Waals surface area contributed by atoms with E-state index in [9.17, 15) is 18.0 Å². The topological polar surface area (TPSA) is 47.6 Å². The van der Waals surface area contributed by atoms with Gasteiger partial charge in [0.05, 0.1) is 17.9 Å². The van der Waals surface area contributed by atoms with E-state index in [1.54, 1.807) is 24.3 Å². The zero-order chi connectivity index (χ0) is 24.2. The number of carbonyl (C=O) groups excluding carboxylic acids is 1. The fraction of sp³-hybridized carbons (Fsp3) is 0.208. The summed E-state index contributed by atoms with van der Waals surface area (Å²) < 4.78 is 51.5. The van der Waals surface area contributed by atoms with Gasteiger partial charge in [0.1, 0.15) is 18.1 Å². The molecule has 0 aliphatic heterocycles. The zero-order valence-electron chi connectivity index (χ0n) is 17.7. The van der Waals surface area contributed by atoms with Crippen molar-refractivity contribution in [1.29, 1.82) is 0 Å². The Labute approximate surface area is 199 Å². The van der Waals surface area contributed by atoms with Crippen molar-refractivity contribution in [2.45, 2.75) is 26.6 Å². The number of anilines is 1. The average molecular weight is 498 g/mol. The predicted molar refractivity (Wildman–Crippen MR) is 123 cm³/mol. The Bertz CT molecular complexity index is 1170. The summed E-state index contributed by atoms with van der Waals surface area (Å²) in [4.78, 5) is 12.7. The van der Waals surface area contributed by atoms with Crippen LogP contribution in [0, 0.1) is 6.92 Å². The van der Waals surface area contributed by atoms with Crippen molar-refractivity contribution < 1.29 is 27.4 Å². The lowest BCUT2D eigenvalue weighted by Crippen LogP contribution is -2.17. The van der Waals surface area contributed by atoms with E-state index < -0.39 is 17.6 Å². The van der Waals surface area contributed by atoms with Gasteiger partial charge in [-0.25, -0.2) is 0 Å². The molecule has 0 heterocycles. The molecule has 0 saturated heterocycles. The number of benzene rings is 3. The van der Waals surface area contributed by atoms with Gasteiger partial charge >= 0.3 is 6.18 Å². The molecule has 1 N–H and O–H groups in total. The molecule has 0 atom stereocenters. The van der Waals surface area contributed by atoms with E-state index in [2.05, 4.69) is 5.32 Å². The summed E-state index contributed by atoms with van der Waals surface area (Å²) in [6.45, 7) is 4.12. The molecule has 0 spiro atoms. The highest BCUT2D eigenvalue weighted by Gasteiger charge is 2.34. The van der Waals surface area contributed by atoms with Crippen LogP contribution in [0.3, 0.4) is 0 Å². The smallest absolute Gasteiger partial charge is 0.418 e. The minimum Gasteiger partial charge on any atom is -0.493 e. The van der Waals surface area contributed by atoms with Crippen LogP contribution in [0.15, 0.2) is 54.6 Å². The van der Waals surface area contributed by atoms with E-state index in [-0.39, 0.29) is 22.9 Å². The fourth-order valence-electron chi connectivity index (χ4n) is 3.05. The van der Waals surface area contributed by atoms with Gasteiger partial charge in [0.25, 0.3) is 5.91 Å². The highest BCUT2D eigenvalue weighted by molar-refractivity contribution is 6.31. The maximum Gasteiger partial charge on any atom is 0.418 e. The first-order chi connectivity index (χ1) is 15.6. The molecule has 0 bridgehead atoms. The van der Waals surface area contributed by atoms with Crippen LogP contribution in [-0.4, -0.2) is 12.5 Å². The van der Waals surface area contributed by atoms with E-state index in [4.69, 9.17) is 32.7 Å². The second-order valence-corrected chi connectivity index (χ2v) is 7.94. The highest BCUT2D eigenvalue weighted by atomic mass is 35.5. The average Bonchev–Trinajstić information content (AvgIpc) is 2.76. The number of halogens is 5. The number of hydrogen-bond donors (Lipinski definition) is 1. The van der Waals surface area contributed by atoms with Gasteiger partial charge in [-0.05, 0) is 74.0 Å². The Balaban J connectivity index is 1.85. The molecule has 0 aliphatic rings. The normalized spacial score (nSPS) is 11.2. The maximum absolute atomic E-state index is 13.3. The SMILES string of the molecule is CCOc1ccc(C(=O)Nc2ccc(Cl)cc2C(F)(F)F)cc1COc1ccc(Cl)c(C)c1. The molecule has 0 aliphatic carbocycles. The lowest BCUT2D eigenvalue weighted by Gasteiger charge is -2.16. The molecule has 0 aromatic heterocycles. The van der Waals surface area contributed by atoms with Gasteiger partial charge in [-0.15, -0.1) is 0 Å². The van der Waals surface area contributed by atoms with E-state index in [1.165, 1.54) is 18.2 Å². The van der Waals surface area contributed by atoms with Crippen LogP contribution >= 0.6 is 23.2 Å². The highest BCUT2D eigenvalue weighted by Crippen LogP contribution is 2.37. The van der Waals surface area contributed by atoms with Crippen LogP contribution in [0.1, 0.15) is 34.0 Å². The number of hydrogen-bond acceptors (Lipinski definition) is 3. The molecule has 0 unspecified atom stereocenters. The van der Waals surface area contributed by atoms with Crippen LogP contribution in [0.4, 0.5) is 18.9 Å². The molecule has 3 aromatic carbocycles. The lowest BCUT2D eigenvalue weighted by molar-refractivity contribution is -0.136. The number of aryl methyl sites for hydroxylation is 1. The minimum atomic E-state index is -4.68. The number of nitrogens with one attached hydrogen (secondary N) is 1. The number of alkyl halides is 3. The predicted octanol–water partition coefficient (Wildman–Crippen LogP) is 7.55. The summed E-state index contributed by atoms with van der Waals surface area (Å²) in [6.07, 6.45) is -4.68. The molecule has 0 fully saturated rings. The van der Waals surface area contributed by atoms with Gasteiger partial charge in [-0.1, -0.05) is 23.2 Å². The molecular formula is C24H20Cl2F3NO3. The maximum atomic E-state index is 13.3. The molecule has 33 heavy (non-hydrogen) atoms. The molecular weight excluding hydrogens is 478 g/mol. The van der Waals surface area contributed by atoms with E-state index in [0.29, 0.717) is 28.7 Å². The van der Waals surface area contributed by atoms with Crippen LogP contribution in [0.2, 0.25) is 10.0 Å². The summed E-state index contributed by atoms with van der Waals surface area (Å²) in [5, 5.41) is 2.84. The van der Waals surface area contributed by atoms with Gasteiger partial charge in [-0.2, -0.15) is 13.2 Å². The number of rotatable bonds is 7. The van der Waals surface area contributed by atoms with E-state index >= 15 is 0 Å². The van der Waals surface area contributed by atoms with Crippen molar-refractivity contribution in [3.8, 4) is 11.5 Å². The van der Waals surface area contributed by atoms with Crippen molar-refractivity contribution in [3.63, 3.8) is 0 Å². The quantitative estimate of drug-likeness (QED) is 0.366. The summed E-state index contributed by atoms with van der Waals surface area (Å²) in [6, 6.07) is 12.9. The van der Waals surface area contributed by atoms with Gasteiger partial charge in [-0.3, -0.25) is 4.79 Å². The Morgan fingerprint density at radius 2 is 1.76 bits per heavy atom. The largest absolute Gasteiger partial charge is 0.493 e. The standard InChI is InChI=1S/C24H20Cl2F3NO3/c1-3-32-22-9-4-15(11-16(22)13-33-18-6-7-20(26)14(2)10-18)23(31)30-21-8-5-17(25)12-19(21)24(27,28)29/h4-12H,3,13H2,1-2H3,(H,30,31). The van der Waals surface area contributed by atoms with Gasteiger partial charge in [0, 0.05) is 21.2 Å². The second-order valence-electron chi connectivity index (χ2n) is 7.10. The summed E-state index contributed by atoms with van der Waals surface area (Å²) >= 11 is 11.7. The zero-order valence-corrected chi connectivity index (χ0v) is 19.2. The fourth-order valence-corrected chi connectivity index (χ4v) is 3.34. The Kier molecular flexibility index (Phi) is 7.76. The first-order valence-corrected chi connectivity index (χ1v) is 10.7. The molecule has 174 valence electrons. The summed E-state index contributed by atoms with van der Waals surface area (Å²) in [5.74, 6) is 0.363. The van der Waals surface area contributed by atoms with Crippen LogP contribution in [0.5, 0.6) is 11.5 Å². The molecule has 3 aromatic rings. The summed E-state index contributed by atoms with van der Waals surface area (Å²) in [7, 11) is 0. The van der Waals surface area contributed by atoms with Crippen molar-refractivity contribution in [3.05, 3.63) is 86.9 Å². The third kappa shape index (κ3) is 6.33. The minimum absolute atomic E-state index is 0.0757. The number of carbonyl (C=O) groups is 1. The van der Waals surface area contributed by atoms with Crippen molar-refractivity contribution in [2.24, 2.45) is 0 Å². The molecule has 4 nitrogen and oxygen atoms in total. The monoisotopic (exact) mass is 497 g/mol. The Hall–Kier alpha value is -2.90. The lowest BCUT2D eigenvalue weighted by atomic mass is 10.1. The van der Waals surface area contributed by atoms with Gasteiger partial charge < -0.3 is 14.8 Å². The molecule has 3 rings (SSSR count). The van der Waals surface area contributed by atoms with Crippen LogP contribution in [-0.2, 0) is 12.8 Å². The van der Waals surface area contributed by atoms with Crippen molar-refractivity contribution >= 4 is 34.8 Å². The molecule has 1 amide bonds. The van der Waals surface area contributed by atoms with Crippen LogP contribution in [0.25, 0.3) is 0 Å². The number of amides is 1. The Morgan fingerprint density at radius 1 is 1.00 bits per heavy atom. The van der Waals surface area contributed by atoms with Gasteiger partial charge in [0.2, 0.25) is 0 Å². The van der Waals surface area contributed by atoms with Crippen LogP contribution < -0.4 is 14.8 Å². The first-order valence-electron chi connectivity index (χ1n) is 9.91. The van der Waals surface area contributed by atoms with Crippen molar-refractivity contribution in [2.75, 3.05) is 11.9 Å². The molecule has 0 saturated carbocycles. The third-order valence-electron chi connectivity index (χ3n) is 4.68. The van der Waals surface area contributed by atoms with E-state index in [1.807, 2.05) is 13.8 Å².